The van der Waals surface area contributed by atoms with Crippen molar-refractivity contribution < 1.29 is 63.4 Å². The standard InChI is InChI=1S/C61H47NO/c1-59(2)45-23-11-6-19-41(45)55-48(59)26-15-28-52(55)62(36-31-32-38-37-17-5-10-22-44(37)60(3,4)51(38)35-36)53-29-16-27-49-56(53)42-20-7-12-24-46(42)61(49)47-25-13-8-21-43(47)57-50(61)34-33-40-39-18-9-14-30-54(39)63-58(40)57/h5-27,29-35,48,52,55H,28H2,1-4H3/i1D3,2D3,3D3,4D3,5D,6D,7D,8D,9D,10D,11D,12D,13D,14D,15D,16D,17D,18D,19D,20D,21D,22D,23D,24D,25D,26D,27D,28D,29D,30D,31D,32D,33D,34D,35D. The summed E-state index contributed by atoms with van der Waals surface area (Å²) < 4.78 is 417. The molecule has 0 bridgehead atoms. The van der Waals surface area contributed by atoms with Crippen LogP contribution in [0.4, 0.5) is 11.4 Å². The van der Waals surface area contributed by atoms with E-state index in [1.165, 1.54) is 0 Å². The average Bonchev–Trinajstić information content (AvgIpc) is 1.46. The maximum atomic E-state index is 10.8. The number of allylic oxidation sites excluding steroid dienone is 1. The number of hydrogen-bond donors (Lipinski definition) is 0. The molecule has 0 amide bonds. The van der Waals surface area contributed by atoms with Gasteiger partial charge in [-0.15, -0.1) is 0 Å². The van der Waals surface area contributed by atoms with Crippen LogP contribution in [0.25, 0.3) is 55.3 Å². The average molecular weight is 853 g/mol. The molecular formula is C61H47NO. The zero-order valence-electron chi connectivity index (χ0n) is 74.7. The van der Waals surface area contributed by atoms with E-state index in [-0.39, 0.29) is 4.90 Å². The largest absolute Gasteiger partial charge is 0.455 e. The molecule has 1 aromatic heterocycles. The second-order valence-electron chi connectivity index (χ2n) is 15.6. The fraction of sp³-hybridized carbons (Fsp3) is 0.180. The Labute approximate surface area is 429 Å². The summed E-state index contributed by atoms with van der Waals surface area (Å²) in [5.41, 5.74) is -31.3. The third kappa shape index (κ3) is 4.30. The third-order valence-corrected chi connectivity index (χ3v) is 12.8. The SMILES string of the molecule is [2H]C1=C([2H])C2C(c3c([2H])c([2H])c([2H])c([2H])c3C2(C([2H])([2H])[2H])C([2H])([2H])[2H])C(N(c2c([2H])c([2H])c3c(c2[2H])C(C([2H])([2H])[2H])(C([2H])([2H])[2H])c2c([2H])c([2H])c([2H])c([2H])c2-3)c2c([2H])c([2H])c([2H])c3c2-c2c([2H])c([2H])c([2H])c([2H])c2C32c3c([2H])c([2H])c([2H])c([2H])c3-c3c2c([2H])c([2H])c2c3oc3c([2H])c([2H])c([2H])c([2H])c32)C1[2H]. The van der Waals surface area contributed by atoms with E-state index in [2.05, 4.69) is 0 Å². The van der Waals surface area contributed by atoms with Crippen LogP contribution in [0.5, 0.6) is 0 Å². The van der Waals surface area contributed by atoms with Gasteiger partial charge in [-0.25, -0.2) is 0 Å². The van der Waals surface area contributed by atoms with Crippen LogP contribution >= 0.6 is 0 Å². The number of rotatable bonds is 3. The van der Waals surface area contributed by atoms with Crippen LogP contribution in [0.1, 0.15) is 143 Å². The van der Waals surface area contributed by atoms with Crippen LogP contribution in [-0.2, 0) is 16.2 Å². The number of furan rings is 1. The number of anilines is 2. The van der Waals surface area contributed by atoms with Crippen molar-refractivity contribution in [1.29, 1.82) is 0 Å². The van der Waals surface area contributed by atoms with E-state index in [4.69, 9.17) is 15.4 Å². The van der Waals surface area contributed by atoms with E-state index in [0.717, 1.165) is 0 Å². The molecule has 302 valence electrons. The van der Waals surface area contributed by atoms with Gasteiger partial charge in [0.2, 0.25) is 0 Å². The molecule has 0 radical (unpaired) electrons. The summed E-state index contributed by atoms with van der Waals surface area (Å²) in [6, 6.07) is -41.3. The van der Waals surface area contributed by atoms with Crippen molar-refractivity contribution >= 4 is 33.3 Å². The molecule has 0 aliphatic heterocycles. The normalized spacial score (nSPS) is 34.0. The van der Waals surface area contributed by atoms with E-state index in [9.17, 15) is 48.0 Å². The zero-order valence-corrected chi connectivity index (χ0v) is 31.7. The molecule has 5 unspecified atom stereocenters. The molecule has 5 aliphatic rings. The van der Waals surface area contributed by atoms with Crippen molar-refractivity contribution in [1.82, 2.24) is 0 Å². The van der Waals surface area contributed by atoms with Crippen molar-refractivity contribution in [3.63, 3.8) is 0 Å². The molecule has 8 aromatic carbocycles. The lowest BCUT2D eigenvalue weighted by Crippen LogP contribution is -2.42. The fourth-order valence-corrected chi connectivity index (χ4v) is 10.3. The highest BCUT2D eigenvalue weighted by atomic mass is 16.3. The highest BCUT2D eigenvalue weighted by molar-refractivity contribution is 6.13. The second kappa shape index (κ2) is 12.2. The van der Waals surface area contributed by atoms with Crippen molar-refractivity contribution in [2.75, 3.05) is 4.90 Å². The number of hydrogen-bond acceptors (Lipinski definition) is 2. The lowest BCUT2D eigenvalue weighted by atomic mass is 9.70. The van der Waals surface area contributed by atoms with Gasteiger partial charge in [0, 0.05) is 68.5 Å². The van der Waals surface area contributed by atoms with Crippen LogP contribution in [0.15, 0.2) is 186 Å². The molecular weight excluding hydrogens is 763 g/mol. The van der Waals surface area contributed by atoms with Gasteiger partial charge in [-0.3, -0.25) is 0 Å². The first-order chi connectivity index (χ1) is 48.7. The lowest BCUT2D eigenvalue weighted by molar-refractivity contribution is 0.322. The van der Waals surface area contributed by atoms with Crippen LogP contribution in [-0.4, -0.2) is 6.04 Å². The third-order valence-electron chi connectivity index (χ3n) is 12.8. The van der Waals surface area contributed by atoms with Crippen LogP contribution in [0.3, 0.4) is 0 Å². The highest BCUT2D eigenvalue weighted by Crippen LogP contribution is 2.66. The Morgan fingerprint density at radius 2 is 1.24 bits per heavy atom. The van der Waals surface area contributed by atoms with E-state index in [1.807, 2.05) is 0 Å². The Morgan fingerprint density at radius 1 is 0.571 bits per heavy atom. The van der Waals surface area contributed by atoms with Gasteiger partial charge in [0.1, 0.15) is 11.2 Å². The number of benzene rings is 8. The van der Waals surface area contributed by atoms with E-state index >= 15 is 0 Å². The first kappa shape index (κ1) is 13.6. The fourth-order valence-electron chi connectivity index (χ4n) is 10.3. The monoisotopic (exact) mass is 853 g/mol. The molecule has 5 aliphatic carbocycles. The molecule has 2 nitrogen and oxygen atoms in total. The molecule has 9 aromatic rings. The van der Waals surface area contributed by atoms with Gasteiger partial charge in [-0.2, -0.15) is 0 Å². The predicted octanol–water partition coefficient (Wildman–Crippen LogP) is 15.4. The molecule has 1 spiro atoms. The minimum Gasteiger partial charge on any atom is -0.455 e. The van der Waals surface area contributed by atoms with Gasteiger partial charge in [-0.05, 0) is 109 Å². The first-order valence-corrected chi connectivity index (χ1v) is 19.3. The van der Waals surface area contributed by atoms with Crippen molar-refractivity contribution in [2.24, 2.45) is 5.92 Å². The minimum absolute atomic E-state index is 0.254. The topological polar surface area (TPSA) is 16.4 Å². The Hall–Kier alpha value is -6.90. The van der Waals surface area contributed by atoms with Gasteiger partial charge in [0.05, 0.1) is 46.5 Å². The molecule has 14 rings (SSSR count). The van der Waals surface area contributed by atoms with Crippen LogP contribution < -0.4 is 4.90 Å². The van der Waals surface area contributed by atoms with Crippen molar-refractivity contribution in [2.45, 2.75) is 62.0 Å². The van der Waals surface area contributed by atoms with E-state index in [0.29, 0.717) is 0 Å². The molecule has 63 heavy (non-hydrogen) atoms. The summed E-state index contributed by atoms with van der Waals surface area (Å²) >= 11 is 0. The maximum Gasteiger partial charge on any atom is 0.143 e. The van der Waals surface area contributed by atoms with Gasteiger partial charge >= 0.3 is 0 Å². The first-order valence-electron chi connectivity index (χ1n) is 40.8. The minimum atomic E-state index is -4.25. The summed E-state index contributed by atoms with van der Waals surface area (Å²) in [5.74, 6) is -5.62. The lowest BCUT2D eigenvalue weighted by Gasteiger charge is -2.44. The van der Waals surface area contributed by atoms with E-state index < -0.39 is 360 Å². The Balaban J connectivity index is 1.30. The van der Waals surface area contributed by atoms with Gasteiger partial charge in [-0.1, -0.05) is 185 Å². The predicted molar refractivity (Wildman–Crippen MR) is 259 cm³/mol. The Kier molecular flexibility index (Phi) is 2.62. The quantitative estimate of drug-likeness (QED) is 0.165. The molecule has 2 heteroatoms. The summed E-state index contributed by atoms with van der Waals surface area (Å²) in [5, 5.41) is -1.21. The molecule has 0 fully saturated rings. The zero-order chi connectivity index (χ0) is 79.0. The Morgan fingerprint density at radius 3 is 2.05 bits per heavy atom. The Bertz CT molecular complexity index is 5700. The second-order valence-corrected chi connectivity index (χ2v) is 15.6. The summed E-state index contributed by atoms with van der Waals surface area (Å²) in [6.07, 6.45) is -2.88. The van der Waals surface area contributed by atoms with Gasteiger partial charge in [0.15, 0.2) is 0 Å². The molecule has 0 saturated heterocycles. The number of fused-ring (bicyclic) bond motifs is 20. The molecule has 1 heterocycles. The number of nitrogens with zero attached hydrogens (tertiary/aromatic N) is 1. The van der Waals surface area contributed by atoms with Crippen LogP contribution in [0.2, 0.25) is 0 Å². The van der Waals surface area contributed by atoms with Gasteiger partial charge in [0.25, 0.3) is 0 Å². The highest BCUT2D eigenvalue weighted by Gasteiger charge is 2.55. The van der Waals surface area contributed by atoms with Crippen LogP contribution in [0, 0.1) is 5.92 Å². The molecule has 5 atom stereocenters. The summed E-state index contributed by atoms with van der Waals surface area (Å²) in [7, 11) is 0. The summed E-state index contributed by atoms with van der Waals surface area (Å²) in [4.78, 5) is 0.254. The van der Waals surface area contributed by atoms with Crippen molar-refractivity contribution in [3.05, 3.63) is 226 Å². The summed E-state index contributed by atoms with van der Waals surface area (Å²) in [6.45, 7) is -16.9. The van der Waals surface area contributed by atoms with Crippen molar-refractivity contribution in [3.8, 4) is 33.4 Å². The molecule has 0 N–H and O–H groups in total. The number of para-hydroxylation sites is 1. The maximum absolute atomic E-state index is 10.8. The van der Waals surface area contributed by atoms with Gasteiger partial charge < -0.3 is 9.32 Å². The molecule has 0 saturated carbocycles. The smallest absolute Gasteiger partial charge is 0.143 e. The van der Waals surface area contributed by atoms with E-state index in [1.54, 1.807) is 0 Å².